The van der Waals surface area contributed by atoms with Crippen LogP contribution in [0.1, 0.15) is 25.0 Å². The van der Waals surface area contributed by atoms with E-state index in [1.165, 1.54) is 26.3 Å². The maximum atomic E-state index is 5.05. The van der Waals surface area contributed by atoms with Crippen molar-refractivity contribution < 1.29 is 0 Å². The van der Waals surface area contributed by atoms with E-state index in [9.17, 15) is 0 Å². The average molecular weight is 508 g/mol. The van der Waals surface area contributed by atoms with Crippen LogP contribution in [0.25, 0.3) is 44.9 Å². The van der Waals surface area contributed by atoms with Gasteiger partial charge >= 0.3 is 0 Å². The third kappa shape index (κ3) is 3.80. The summed E-state index contributed by atoms with van der Waals surface area (Å²) in [4.78, 5) is 17.5. The molecule has 0 N–H and O–H groups in total. The van der Waals surface area contributed by atoms with Gasteiger partial charge in [0.25, 0.3) is 0 Å². The van der Waals surface area contributed by atoms with Crippen LogP contribution >= 0.6 is 11.8 Å². The van der Waals surface area contributed by atoms with Gasteiger partial charge in [-0.05, 0) is 34.0 Å². The van der Waals surface area contributed by atoms with Crippen LogP contribution in [0.15, 0.2) is 125 Å². The Morgan fingerprint density at radius 3 is 2.05 bits per heavy atom. The fourth-order valence-corrected chi connectivity index (χ4v) is 6.80. The molecule has 0 atom stereocenters. The molecule has 0 amide bonds. The van der Waals surface area contributed by atoms with Gasteiger partial charge in [0.15, 0.2) is 17.5 Å². The Morgan fingerprint density at radius 2 is 1.18 bits per heavy atom. The molecule has 0 fully saturated rings. The van der Waals surface area contributed by atoms with Gasteiger partial charge in [-0.1, -0.05) is 129 Å². The first kappa shape index (κ1) is 22.9. The average Bonchev–Trinajstić information content (AvgIpc) is 2.97. The topological polar surface area (TPSA) is 38.7 Å². The fourth-order valence-electron chi connectivity index (χ4n) is 5.36. The standard InChI is InChI=1S/C34H25N3S/c1-34(2)27-17-8-9-18-29(27)38-30-21-24(19-20-28(30)34)32-35-31(23-12-4-3-5-13-23)36-33(37-32)26-16-10-14-22-11-6-7-15-25(22)26/h3-21H,1-2H3. The first-order valence-electron chi connectivity index (χ1n) is 12.8. The molecule has 7 rings (SSSR count). The monoisotopic (exact) mass is 507 g/mol. The SMILES string of the molecule is CC1(C)c2ccccc2Sc2cc(-c3nc(-c4ccccc4)nc(-c4cccc5ccccc45)n3)ccc21. The van der Waals surface area contributed by atoms with Gasteiger partial charge < -0.3 is 0 Å². The van der Waals surface area contributed by atoms with Crippen LogP contribution in [0, 0.1) is 0 Å². The van der Waals surface area contributed by atoms with Gasteiger partial charge in [0.05, 0.1) is 0 Å². The van der Waals surface area contributed by atoms with Crippen molar-refractivity contribution in [1.29, 1.82) is 0 Å². The number of fused-ring (bicyclic) bond motifs is 3. The van der Waals surface area contributed by atoms with Crippen LogP contribution in [0.2, 0.25) is 0 Å². The first-order chi connectivity index (χ1) is 18.6. The van der Waals surface area contributed by atoms with Crippen LogP contribution in [0.3, 0.4) is 0 Å². The summed E-state index contributed by atoms with van der Waals surface area (Å²) in [5.74, 6) is 2.04. The predicted octanol–water partition coefficient (Wildman–Crippen LogP) is 8.82. The van der Waals surface area contributed by atoms with E-state index in [1.807, 2.05) is 42.1 Å². The number of hydrogen-bond donors (Lipinski definition) is 0. The highest BCUT2D eigenvalue weighted by Gasteiger charge is 2.33. The van der Waals surface area contributed by atoms with E-state index in [4.69, 9.17) is 15.0 Å². The van der Waals surface area contributed by atoms with Crippen LogP contribution < -0.4 is 0 Å². The molecule has 1 aromatic heterocycles. The van der Waals surface area contributed by atoms with E-state index in [1.54, 1.807) is 0 Å². The van der Waals surface area contributed by atoms with Crippen molar-refractivity contribution in [3.05, 3.63) is 126 Å². The highest BCUT2D eigenvalue weighted by atomic mass is 32.2. The zero-order valence-corrected chi connectivity index (χ0v) is 22.0. The third-order valence-electron chi connectivity index (χ3n) is 7.39. The van der Waals surface area contributed by atoms with Gasteiger partial charge in [0, 0.05) is 31.9 Å². The van der Waals surface area contributed by atoms with Gasteiger partial charge in [-0.15, -0.1) is 0 Å². The summed E-state index contributed by atoms with van der Waals surface area (Å²) >= 11 is 1.83. The Balaban J connectivity index is 1.42. The molecular formula is C34H25N3S. The number of rotatable bonds is 3. The molecule has 5 aromatic carbocycles. The summed E-state index contributed by atoms with van der Waals surface area (Å²) in [6, 6.07) is 40.2. The lowest BCUT2D eigenvalue weighted by molar-refractivity contribution is 0.607. The Morgan fingerprint density at radius 1 is 0.526 bits per heavy atom. The first-order valence-corrected chi connectivity index (χ1v) is 13.6. The van der Waals surface area contributed by atoms with E-state index in [0.29, 0.717) is 17.5 Å². The quantitative estimate of drug-likeness (QED) is 0.240. The summed E-state index contributed by atoms with van der Waals surface area (Å²) < 4.78 is 0. The second-order valence-electron chi connectivity index (χ2n) is 10.1. The van der Waals surface area contributed by atoms with E-state index in [2.05, 4.69) is 98.8 Å². The second-order valence-corrected chi connectivity index (χ2v) is 11.2. The predicted molar refractivity (Wildman–Crippen MR) is 156 cm³/mol. The lowest BCUT2D eigenvalue weighted by atomic mass is 9.77. The molecule has 182 valence electrons. The number of nitrogens with zero attached hydrogens (tertiary/aromatic N) is 3. The fraction of sp³-hybridized carbons (Fsp3) is 0.0882. The van der Waals surface area contributed by atoms with Crippen LogP contribution in [-0.2, 0) is 5.41 Å². The van der Waals surface area contributed by atoms with Crippen LogP contribution in [-0.4, -0.2) is 15.0 Å². The Bertz CT molecular complexity index is 1820. The van der Waals surface area contributed by atoms with E-state index in [-0.39, 0.29) is 5.41 Å². The zero-order chi connectivity index (χ0) is 25.7. The van der Waals surface area contributed by atoms with Crippen molar-refractivity contribution >= 4 is 22.5 Å². The van der Waals surface area contributed by atoms with Crippen molar-refractivity contribution in [2.75, 3.05) is 0 Å². The lowest BCUT2D eigenvalue weighted by Crippen LogP contribution is -2.23. The van der Waals surface area contributed by atoms with Crippen LogP contribution in [0.5, 0.6) is 0 Å². The minimum atomic E-state index is -0.0713. The highest BCUT2D eigenvalue weighted by molar-refractivity contribution is 7.99. The van der Waals surface area contributed by atoms with Crippen molar-refractivity contribution in [1.82, 2.24) is 15.0 Å². The van der Waals surface area contributed by atoms with Gasteiger partial charge in [-0.3, -0.25) is 0 Å². The lowest BCUT2D eigenvalue weighted by Gasteiger charge is -2.34. The van der Waals surface area contributed by atoms with Gasteiger partial charge in [-0.25, -0.2) is 15.0 Å². The number of aromatic nitrogens is 3. The van der Waals surface area contributed by atoms with Gasteiger partial charge in [0.1, 0.15) is 0 Å². The molecule has 0 saturated carbocycles. The number of benzene rings is 5. The second kappa shape index (κ2) is 8.93. The summed E-state index contributed by atoms with van der Waals surface area (Å²) in [6.45, 7) is 4.61. The van der Waals surface area contributed by atoms with E-state index < -0.39 is 0 Å². The molecule has 0 bridgehead atoms. The maximum Gasteiger partial charge on any atom is 0.164 e. The Hall–Kier alpha value is -4.28. The Labute approximate surface area is 226 Å². The molecular weight excluding hydrogens is 482 g/mol. The molecule has 38 heavy (non-hydrogen) atoms. The van der Waals surface area contributed by atoms with Gasteiger partial charge in [0.2, 0.25) is 0 Å². The molecule has 0 unspecified atom stereocenters. The number of hydrogen-bond acceptors (Lipinski definition) is 4. The smallest absolute Gasteiger partial charge is 0.164 e. The van der Waals surface area contributed by atoms with E-state index >= 15 is 0 Å². The summed E-state index contributed by atoms with van der Waals surface area (Å²) in [6.07, 6.45) is 0. The minimum absolute atomic E-state index is 0.0713. The maximum absolute atomic E-state index is 5.05. The molecule has 6 aromatic rings. The summed E-state index contributed by atoms with van der Waals surface area (Å²) in [7, 11) is 0. The normalized spacial score (nSPS) is 13.6. The van der Waals surface area contributed by atoms with Crippen molar-refractivity contribution in [2.24, 2.45) is 0 Å². The Kier molecular flexibility index (Phi) is 5.38. The zero-order valence-electron chi connectivity index (χ0n) is 21.2. The van der Waals surface area contributed by atoms with E-state index in [0.717, 1.165) is 22.1 Å². The minimum Gasteiger partial charge on any atom is -0.208 e. The molecule has 0 aliphatic carbocycles. The molecule has 1 aliphatic heterocycles. The molecule has 3 nitrogen and oxygen atoms in total. The van der Waals surface area contributed by atoms with Crippen molar-refractivity contribution in [2.45, 2.75) is 29.1 Å². The molecule has 0 spiro atoms. The summed E-state index contributed by atoms with van der Waals surface area (Å²) in [5, 5.41) is 2.30. The summed E-state index contributed by atoms with van der Waals surface area (Å²) in [5.41, 5.74) is 5.60. The largest absolute Gasteiger partial charge is 0.208 e. The molecule has 2 heterocycles. The molecule has 0 radical (unpaired) electrons. The van der Waals surface area contributed by atoms with Gasteiger partial charge in [-0.2, -0.15) is 0 Å². The highest BCUT2D eigenvalue weighted by Crippen LogP contribution is 2.49. The van der Waals surface area contributed by atoms with Crippen LogP contribution in [0.4, 0.5) is 0 Å². The molecule has 4 heteroatoms. The van der Waals surface area contributed by atoms with Crippen molar-refractivity contribution in [3.63, 3.8) is 0 Å². The van der Waals surface area contributed by atoms with Crippen molar-refractivity contribution in [3.8, 4) is 34.2 Å². The molecule has 1 aliphatic rings. The molecule has 0 saturated heterocycles. The third-order valence-corrected chi connectivity index (χ3v) is 8.52.